The highest BCUT2D eigenvalue weighted by molar-refractivity contribution is 7.89. The number of thiazole rings is 1. The van der Waals surface area contributed by atoms with E-state index in [9.17, 15) is 13.2 Å². The minimum Gasteiger partial charge on any atom is -0.396 e. The first-order valence-corrected chi connectivity index (χ1v) is 8.33. The summed E-state index contributed by atoms with van der Waals surface area (Å²) >= 11 is 12.6. The summed E-state index contributed by atoms with van der Waals surface area (Å²) in [5.41, 5.74) is 6.05. The number of nitrogen functional groups attached to an aromatic ring is 1. The number of halogens is 2. The van der Waals surface area contributed by atoms with Crippen LogP contribution >= 0.6 is 34.5 Å². The van der Waals surface area contributed by atoms with E-state index in [0.717, 1.165) is 11.3 Å². The lowest BCUT2D eigenvalue weighted by Crippen LogP contribution is -2.24. The molecule has 0 radical (unpaired) electrons. The lowest BCUT2D eigenvalue weighted by atomic mass is 10.3. The molecule has 0 amide bonds. The fourth-order valence-electron chi connectivity index (χ4n) is 1.41. The van der Waals surface area contributed by atoms with Crippen molar-refractivity contribution in [1.29, 1.82) is 0 Å². The van der Waals surface area contributed by atoms with Gasteiger partial charge in [-0.15, -0.1) is 0 Å². The number of sulfonamides is 1. The van der Waals surface area contributed by atoms with Gasteiger partial charge in [-0.3, -0.25) is 4.79 Å². The Hall–Kier alpha value is -1.06. The van der Waals surface area contributed by atoms with Crippen LogP contribution in [0.2, 0.25) is 10.0 Å². The van der Waals surface area contributed by atoms with E-state index in [0.29, 0.717) is 5.69 Å². The second-order valence-corrected chi connectivity index (χ2v) is 7.13. The summed E-state index contributed by atoms with van der Waals surface area (Å²) in [6.45, 7) is -0.0556. The summed E-state index contributed by atoms with van der Waals surface area (Å²) in [4.78, 5) is 13.0. The predicted molar refractivity (Wildman–Crippen MR) is 79.8 cm³/mol. The molecule has 0 fully saturated rings. The minimum atomic E-state index is -3.86. The van der Waals surface area contributed by atoms with Crippen molar-refractivity contribution < 1.29 is 8.42 Å². The van der Waals surface area contributed by atoms with Crippen LogP contribution < -0.4 is 15.3 Å². The molecular weight excluding hydrogens is 345 g/mol. The summed E-state index contributed by atoms with van der Waals surface area (Å²) in [5, 5.41) is 1.57. The number of H-pyrrole nitrogens is 1. The molecule has 108 valence electrons. The highest BCUT2D eigenvalue weighted by Gasteiger charge is 2.20. The van der Waals surface area contributed by atoms with Gasteiger partial charge in [-0.1, -0.05) is 34.5 Å². The Balaban J connectivity index is 2.27. The Morgan fingerprint density at radius 2 is 2.05 bits per heavy atom. The molecule has 1 aromatic carbocycles. The van der Waals surface area contributed by atoms with Crippen LogP contribution in [-0.4, -0.2) is 13.4 Å². The van der Waals surface area contributed by atoms with Crippen molar-refractivity contribution in [1.82, 2.24) is 9.71 Å². The SMILES string of the molecule is Nc1c(Cl)ccc(S(=O)(=O)NCc2csc(=O)[nH]2)c1Cl. The topological polar surface area (TPSA) is 105 Å². The lowest BCUT2D eigenvalue weighted by molar-refractivity contribution is 0.580. The van der Waals surface area contributed by atoms with Crippen molar-refractivity contribution in [2.45, 2.75) is 11.4 Å². The molecule has 0 bridgehead atoms. The van der Waals surface area contributed by atoms with Gasteiger partial charge in [0.05, 0.1) is 22.3 Å². The summed E-state index contributed by atoms with van der Waals surface area (Å²) in [6, 6.07) is 2.61. The van der Waals surface area contributed by atoms with Crippen LogP contribution in [0.4, 0.5) is 5.69 Å². The molecule has 4 N–H and O–H groups in total. The van der Waals surface area contributed by atoms with E-state index in [4.69, 9.17) is 28.9 Å². The number of aromatic amines is 1. The van der Waals surface area contributed by atoms with Crippen LogP contribution in [0.5, 0.6) is 0 Å². The monoisotopic (exact) mass is 353 g/mol. The highest BCUT2D eigenvalue weighted by Crippen LogP contribution is 2.32. The molecule has 1 heterocycles. The molecule has 1 aromatic heterocycles. The van der Waals surface area contributed by atoms with Crippen molar-refractivity contribution in [2.75, 3.05) is 5.73 Å². The first-order chi connectivity index (χ1) is 9.31. The van der Waals surface area contributed by atoms with Gasteiger partial charge in [0.15, 0.2) is 0 Å². The van der Waals surface area contributed by atoms with Crippen LogP contribution in [0.1, 0.15) is 5.69 Å². The first kappa shape index (κ1) is 15.3. The van der Waals surface area contributed by atoms with Crippen molar-refractivity contribution in [3.05, 3.63) is 42.9 Å². The Morgan fingerprint density at radius 3 is 2.65 bits per heavy atom. The lowest BCUT2D eigenvalue weighted by Gasteiger charge is -2.10. The van der Waals surface area contributed by atoms with E-state index in [1.807, 2.05) is 0 Å². The van der Waals surface area contributed by atoms with Gasteiger partial charge in [-0.25, -0.2) is 13.1 Å². The van der Waals surface area contributed by atoms with E-state index in [2.05, 4.69) is 9.71 Å². The maximum Gasteiger partial charge on any atom is 0.304 e. The molecule has 0 aliphatic rings. The van der Waals surface area contributed by atoms with E-state index in [1.54, 1.807) is 0 Å². The zero-order chi connectivity index (χ0) is 14.9. The number of benzene rings is 1. The zero-order valence-electron chi connectivity index (χ0n) is 9.81. The van der Waals surface area contributed by atoms with E-state index in [-0.39, 0.29) is 32.0 Å². The zero-order valence-corrected chi connectivity index (χ0v) is 13.0. The predicted octanol–water partition coefficient (Wildman–Crippen LogP) is 1.80. The maximum absolute atomic E-state index is 12.1. The number of nitrogens with two attached hydrogens (primary N) is 1. The second-order valence-electron chi connectivity index (χ2n) is 3.77. The van der Waals surface area contributed by atoms with Gasteiger partial charge in [0.25, 0.3) is 0 Å². The number of aromatic nitrogens is 1. The third-order valence-corrected chi connectivity index (χ3v) is 5.42. The summed E-state index contributed by atoms with van der Waals surface area (Å²) < 4.78 is 26.5. The van der Waals surface area contributed by atoms with Crippen LogP contribution in [0.25, 0.3) is 0 Å². The van der Waals surface area contributed by atoms with Gasteiger partial charge in [0.1, 0.15) is 4.90 Å². The Labute approximate surface area is 128 Å². The van der Waals surface area contributed by atoms with Crippen molar-refractivity contribution in [3.63, 3.8) is 0 Å². The van der Waals surface area contributed by atoms with Gasteiger partial charge in [0, 0.05) is 11.1 Å². The Morgan fingerprint density at radius 1 is 1.35 bits per heavy atom. The summed E-state index contributed by atoms with van der Waals surface area (Å²) in [6.07, 6.45) is 0. The normalized spacial score (nSPS) is 11.7. The fraction of sp³-hybridized carbons (Fsp3) is 0.100. The van der Waals surface area contributed by atoms with Gasteiger partial charge in [0.2, 0.25) is 10.0 Å². The van der Waals surface area contributed by atoms with Gasteiger partial charge < -0.3 is 10.7 Å². The molecule has 0 aliphatic carbocycles. The third-order valence-electron chi connectivity index (χ3n) is 2.40. The molecule has 2 aromatic rings. The van der Waals surface area contributed by atoms with Crippen LogP contribution in [0, 0.1) is 0 Å². The van der Waals surface area contributed by atoms with Crippen LogP contribution in [-0.2, 0) is 16.6 Å². The number of anilines is 1. The van der Waals surface area contributed by atoms with Crippen molar-refractivity contribution in [2.24, 2.45) is 0 Å². The van der Waals surface area contributed by atoms with E-state index >= 15 is 0 Å². The first-order valence-electron chi connectivity index (χ1n) is 5.21. The minimum absolute atomic E-state index is 0.000138. The molecule has 0 unspecified atom stereocenters. The molecule has 6 nitrogen and oxygen atoms in total. The molecule has 2 rings (SSSR count). The number of hydrogen-bond donors (Lipinski definition) is 3. The summed E-state index contributed by atoms with van der Waals surface area (Å²) in [5.74, 6) is 0. The molecule has 20 heavy (non-hydrogen) atoms. The van der Waals surface area contributed by atoms with E-state index in [1.165, 1.54) is 17.5 Å². The third kappa shape index (κ3) is 3.15. The molecule has 0 spiro atoms. The molecule has 10 heteroatoms. The molecule has 0 atom stereocenters. The molecule has 0 aliphatic heterocycles. The van der Waals surface area contributed by atoms with Crippen LogP contribution in [0.3, 0.4) is 0 Å². The van der Waals surface area contributed by atoms with Crippen molar-refractivity contribution in [3.8, 4) is 0 Å². The average Bonchev–Trinajstić information content (AvgIpc) is 2.79. The smallest absolute Gasteiger partial charge is 0.304 e. The second kappa shape index (κ2) is 5.74. The average molecular weight is 354 g/mol. The Kier molecular flexibility index (Phi) is 4.40. The standard InChI is InChI=1S/C10H9Cl2N3O3S2/c11-6-1-2-7(8(12)9(6)13)20(17,18)14-3-5-4-19-10(16)15-5/h1-2,4,14H,3,13H2,(H,15,16). The number of nitrogens with one attached hydrogen (secondary N) is 2. The molecule has 0 saturated heterocycles. The maximum atomic E-state index is 12.1. The van der Waals surface area contributed by atoms with Gasteiger partial charge >= 0.3 is 4.87 Å². The van der Waals surface area contributed by atoms with E-state index < -0.39 is 10.0 Å². The van der Waals surface area contributed by atoms with Gasteiger partial charge in [-0.05, 0) is 12.1 Å². The van der Waals surface area contributed by atoms with Gasteiger partial charge in [-0.2, -0.15) is 0 Å². The number of hydrogen-bond acceptors (Lipinski definition) is 5. The molecular formula is C10H9Cl2N3O3S2. The van der Waals surface area contributed by atoms with Crippen molar-refractivity contribution >= 4 is 50.2 Å². The summed E-state index contributed by atoms with van der Waals surface area (Å²) in [7, 11) is -3.86. The quantitative estimate of drug-likeness (QED) is 0.728. The molecule has 0 saturated carbocycles. The fourth-order valence-corrected chi connectivity index (χ4v) is 3.76. The Bertz CT molecular complexity index is 798. The largest absolute Gasteiger partial charge is 0.396 e. The van der Waals surface area contributed by atoms with Crippen LogP contribution in [0.15, 0.2) is 27.2 Å². The highest BCUT2D eigenvalue weighted by atomic mass is 35.5. The number of rotatable bonds is 4.